The van der Waals surface area contributed by atoms with Gasteiger partial charge >= 0.3 is 5.89 Å². The van der Waals surface area contributed by atoms with Gasteiger partial charge in [0.2, 0.25) is 0 Å². The number of hydrogen-bond acceptors (Lipinski definition) is 3. The fourth-order valence-corrected chi connectivity index (χ4v) is 0.405. The molecular formula is C5H4N2O. The van der Waals surface area contributed by atoms with Crippen LogP contribution in [-0.4, -0.2) is 4.98 Å². The van der Waals surface area contributed by atoms with Crippen LogP contribution < -0.4 is 0 Å². The summed E-state index contributed by atoms with van der Waals surface area (Å²) in [5.41, 5.74) is 0.738. The van der Waals surface area contributed by atoms with Crippen LogP contribution in [0.1, 0.15) is 11.6 Å². The molecule has 0 bridgehead atoms. The van der Waals surface area contributed by atoms with Crippen molar-refractivity contribution in [3.05, 3.63) is 17.8 Å². The van der Waals surface area contributed by atoms with Gasteiger partial charge in [-0.15, -0.1) is 0 Å². The number of rotatable bonds is 0. The van der Waals surface area contributed by atoms with Crippen LogP contribution in [0.3, 0.4) is 0 Å². The summed E-state index contributed by atoms with van der Waals surface area (Å²) >= 11 is 0. The standard InChI is InChI=1S/C5H4N2O/c1-4-3-8-5(2-6)7-4/h3H,1H3. The fourth-order valence-electron chi connectivity index (χ4n) is 0.405. The molecule has 40 valence electrons. The molecule has 0 saturated heterocycles. The minimum Gasteiger partial charge on any atom is -0.437 e. The molecule has 3 heteroatoms. The van der Waals surface area contributed by atoms with Crippen molar-refractivity contribution in [3.8, 4) is 6.07 Å². The third-order valence-electron chi connectivity index (χ3n) is 0.715. The number of nitrogens with zero attached hydrogens (tertiary/aromatic N) is 2. The quantitative estimate of drug-likeness (QED) is 0.495. The SMILES string of the molecule is Cc1coc(C#N)n1. The molecule has 1 rings (SSSR count). The van der Waals surface area contributed by atoms with Crippen molar-refractivity contribution in [3.63, 3.8) is 0 Å². The van der Waals surface area contributed by atoms with E-state index in [4.69, 9.17) is 5.26 Å². The molecule has 0 aliphatic heterocycles. The largest absolute Gasteiger partial charge is 0.437 e. The van der Waals surface area contributed by atoms with Crippen LogP contribution in [0.2, 0.25) is 0 Å². The topological polar surface area (TPSA) is 49.8 Å². The van der Waals surface area contributed by atoms with Gasteiger partial charge < -0.3 is 4.42 Å². The Labute approximate surface area is 46.6 Å². The second-order valence-corrected chi connectivity index (χ2v) is 1.41. The van der Waals surface area contributed by atoms with Gasteiger partial charge in [0.25, 0.3) is 0 Å². The van der Waals surface area contributed by atoms with Crippen LogP contribution in [0.4, 0.5) is 0 Å². The summed E-state index contributed by atoms with van der Waals surface area (Å²) in [5, 5.41) is 8.14. The van der Waals surface area contributed by atoms with E-state index in [0.717, 1.165) is 5.69 Å². The normalized spacial score (nSPS) is 8.50. The van der Waals surface area contributed by atoms with E-state index >= 15 is 0 Å². The summed E-state index contributed by atoms with van der Waals surface area (Å²) in [5.74, 6) is 0.127. The molecule has 3 nitrogen and oxygen atoms in total. The molecule has 0 aliphatic carbocycles. The lowest BCUT2D eigenvalue weighted by molar-refractivity contribution is 0.541. The first-order valence-corrected chi connectivity index (χ1v) is 2.15. The molecule has 0 amide bonds. The van der Waals surface area contributed by atoms with E-state index in [9.17, 15) is 0 Å². The lowest BCUT2D eigenvalue weighted by Gasteiger charge is -1.65. The van der Waals surface area contributed by atoms with Crippen LogP contribution in [0, 0.1) is 18.3 Å². The second kappa shape index (κ2) is 1.66. The van der Waals surface area contributed by atoms with Gasteiger partial charge in [-0.2, -0.15) is 5.26 Å². The van der Waals surface area contributed by atoms with E-state index in [1.54, 1.807) is 13.0 Å². The first-order chi connectivity index (χ1) is 3.83. The molecule has 0 saturated carbocycles. The Morgan fingerprint density at radius 3 is 2.88 bits per heavy atom. The second-order valence-electron chi connectivity index (χ2n) is 1.41. The van der Waals surface area contributed by atoms with Crippen molar-refractivity contribution in [2.24, 2.45) is 0 Å². The number of aryl methyl sites for hydroxylation is 1. The number of aromatic nitrogens is 1. The van der Waals surface area contributed by atoms with Crippen molar-refractivity contribution in [1.29, 1.82) is 5.26 Å². The Balaban J connectivity index is 3.05. The Bertz CT molecular complexity index is 221. The summed E-state index contributed by atoms with van der Waals surface area (Å²) < 4.78 is 4.64. The van der Waals surface area contributed by atoms with Gasteiger partial charge in [0.05, 0.1) is 5.69 Å². The molecule has 1 aromatic heterocycles. The van der Waals surface area contributed by atoms with E-state index in [1.807, 2.05) is 0 Å². The predicted molar refractivity (Wildman–Crippen MR) is 26.0 cm³/mol. The molecule has 0 radical (unpaired) electrons. The zero-order chi connectivity index (χ0) is 5.98. The minimum atomic E-state index is 0.127. The lowest BCUT2D eigenvalue weighted by atomic mass is 10.6. The van der Waals surface area contributed by atoms with Gasteiger partial charge in [-0.25, -0.2) is 4.98 Å². The van der Waals surface area contributed by atoms with Gasteiger partial charge in [0, 0.05) is 0 Å². The highest BCUT2D eigenvalue weighted by Gasteiger charge is 1.93. The van der Waals surface area contributed by atoms with Crippen LogP contribution in [0.25, 0.3) is 0 Å². The van der Waals surface area contributed by atoms with E-state index in [-0.39, 0.29) is 5.89 Å². The summed E-state index contributed by atoms with van der Waals surface area (Å²) in [7, 11) is 0. The minimum absolute atomic E-state index is 0.127. The average molecular weight is 108 g/mol. The highest BCUT2D eigenvalue weighted by molar-refractivity contribution is 5.07. The summed E-state index contributed by atoms with van der Waals surface area (Å²) in [6, 6.07) is 1.77. The molecule has 0 spiro atoms. The third-order valence-corrected chi connectivity index (χ3v) is 0.715. The van der Waals surface area contributed by atoms with Gasteiger partial charge in [-0.3, -0.25) is 0 Å². The molecule has 0 aromatic carbocycles. The predicted octanol–water partition coefficient (Wildman–Crippen LogP) is 0.855. The number of hydrogen-bond donors (Lipinski definition) is 0. The van der Waals surface area contributed by atoms with E-state index in [2.05, 4.69) is 9.40 Å². The highest BCUT2D eigenvalue weighted by Crippen LogP contribution is 1.96. The molecule has 8 heavy (non-hydrogen) atoms. The maximum Gasteiger partial charge on any atom is 0.300 e. The Kier molecular flexibility index (Phi) is 1.01. The average Bonchev–Trinajstić information content (AvgIpc) is 2.14. The molecular weight excluding hydrogens is 104 g/mol. The van der Waals surface area contributed by atoms with Crippen LogP contribution in [-0.2, 0) is 0 Å². The lowest BCUT2D eigenvalue weighted by Crippen LogP contribution is -1.70. The smallest absolute Gasteiger partial charge is 0.300 e. The first-order valence-electron chi connectivity index (χ1n) is 2.15. The maximum absolute atomic E-state index is 8.14. The van der Waals surface area contributed by atoms with E-state index < -0.39 is 0 Å². The van der Waals surface area contributed by atoms with Crippen LogP contribution >= 0.6 is 0 Å². The fraction of sp³-hybridized carbons (Fsp3) is 0.200. The maximum atomic E-state index is 8.14. The summed E-state index contributed by atoms with van der Waals surface area (Å²) in [6.45, 7) is 1.77. The summed E-state index contributed by atoms with van der Waals surface area (Å²) in [6.07, 6.45) is 1.44. The number of oxazole rings is 1. The van der Waals surface area contributed by atoms with Crippen molar-refractivity contribution in [1.82, 2.24) is 4.98 Å². The Hall–Kier alpha value is -1.30. The molecule has 0 unspecified atom stereocenters. The zero-order valence-electron chi connectivity index (χ0n) is 4.38. The Morgan fingerprint density at radius 1 is 1.88 bits per heavy atom. The van der Waals surface area contributed by atoms with Crippen LogP contribution in [0.5, 0.6) is 0 Å². The molecule has 0 atom stereocenters. The van der Waals surface area contributed by atoms with E-state index in [0.29, 0.717) is 0 Å². The highest BCUT2D eigenvalue weighted by atomic mass is 16.3. The van der Waals surface area contributed by atoms with Crippen molar-refractivity contribution in [2.45, 2.75) is 6.92 Å². The third kappa shape index (κ3) is 0.684. The van der Waals surface area contributed by atoms with Crippen molar-refractivity contribution in [2.75, 3.05) is 0 Å². The van der Waals surface area contributed by atoms with Gasteiger partial charge in [-0.05, 0) is 6.92 Å². The van der Waals surface area contributed by atoms with Gasteiger partial charge in [-0.1, -0.05) is 0 Å². The molecule has 0 N–H and O–H groups in total. The molecule has 0 aliphatic rings. The van der Waals surface area contributed by atoms with Crippen LogP contribution in [0.15, 0.2) is 10.7 Å². The van der Waals surface area contributed by atoms with Crippen molar-refractivity contribution < 1.29 is 4.42 Å². The van der Waals surface area contributed by atoms with Crippen molar-refractivity contribution >= 4 is 0 Å². The molecule has 1 aromatic rings. The monoisotopic (exact) mass is 108 g/mol. The van der Waals surface area contributed by atoms with Gasteiger partial charge in [0.1, 0.15) is 6.26 Å². The summed E-state index contributed by atoms with van der Waals surface area (Å²) in [4.78, 5) is 3.70. The molecule has 1 heterocycles. The van der Waals surface area contributed by atoms with Gasteiger partial charge in [0.15, 0.2) is 6.07 Å². The Morgan fingerprint density at radius 2 is 2.62 bits per heavy atom. The van der Waals surface area contributed by atoms with E-state index in [1.165, 1.54) is 6.26 Å². The number of nitriles is 1. The molecule has 0 fully saturated rings. The first kappa shape index (κ1) is 4.85. The zero-order valence-corrected chi connectivity index (χ0v) is 4.38.